The summed E-state index contributed by atoms with van der Waals surface area (Å²) in [4.78, 5) is 23.8. The van der Waals surface area contributed by atoms with Crippen LogP contribution in [-0.4, -0.2) is 24.7 Å². The summed E-state index contributed by atoms with van der Waals surface area (Å²) in [6.45, 7) is 7.20. The summed E-state index contributed by atoms with van der Waals surface area (Å²) in [5.41, 5.74) is 8.89. The van der Waals surface area contributed by atoms with Gasteiger partial charge in [-0.15, -0.1) is 0 Å². The molecule has 0 bridgehead atoms. The van der Waals surface area contributed by atoms with E-state index in [2.05, 4.69) is 51.7 Å². The summed E-state index contributed by atoms with van der Waals surface area (Å²) in [6, 6.07) is 16.3. The Morgan fingerprint density at radius 2 is 2.00 bits per heavy atom. The van der Waals surface area contributed by atoms with Crippen LogP contribution < -0.4 is 10.5 Å². The first-order valence-corrected chi connectivity index (χ1v) is 12.0. The number of pyridine rings is 1. The van der Waals surface area contributed by atoms with Crippen LogP contribution in [0.2, 0.25) is 0 Å². The van der Waals surface area contributed by atoms with Crippen LogP contribution >= 0.6 is 0 Å². The van der Waals surface area contributed by atoms with Crippen molar-refractivity contribution in [1.29, 1.82) is 0 Å². The minimum atomic E-state index is -0.582. The Balaban J connectivity index is 1.49. The van der Waals surface area contributed by atoms with Crippen molar-refractivity contribution in [2.24, 2.45) is 0 Å². The maximum Gasteiger partial charge on any atom is 0.439 e. The Labute approximate surface area is 207 Å². The van der Waals surface area contributed by atoms with Crippen molar-refractivity contribution >= 4 is 22.3 Å². The van der Waals surface area contributed by atoms with Crippen LogP contribution in [0, 0.1) is 6.92 Å². The molecule has 8 nitrogen and oxygen atoms in total. The summed E-state index contributed by atoms with van der Waals surface area (Å²) in [5.74, 6) is 1.61. The molecule has 1 aliphatic rings. The highest BCUT2D eigenvalue weighted by atomic mass is 16.5. The summed E-state index contributed by atoms with van der Waals surface area (Å²) in [5, 5.41) is 3.93. The van der Waals surface area contributed by atoms with Crippen LogP contribution in [0.4, 0.5) is 0 Å². The molecule has 0 radical (unpaired) electrons. The van der Waals surface area contributed by atoms with Gasteiger partial charge in [0.05, 0.1) is 6.54 Å². The number of benzene rings is 2. The molecule has 0 amide bonds. The Bertz CT molecular complexity index is 1710. The second-order valence-electron chi connectivity index (χ2n) is 8.99. The van der Waals surface area contributed by atoms with E-state index >= 15 is 0 Å². The number of rotatable bonds is 4. The second-order valence-corrected chi connectivity index (χ2v) is 8.99. The fourth-order valence-corrected chi connectivity index (χ4v) is 4.92. The van der Waals surface area contributed by atoms with E-state index < -0.39 is 5.76 Å². The van der Waals surface area contributed by atoms with Gasteiger partial charge in [0.25, 0.3) is 0 Å². The summed E-state index contributed by atoms with van der Waals surface area (Å²) in [6.07, 6.45) is 2.66. The van der Waals surface area contributed by atoms with E-state index in [0.717, 1.165) is 68.1 Å². The molecule has 1 N–H and O–H groups in total. The molecule has 1 aliphatic heterocycles. The van der Waals surface area contributed by atoms with Gasteiger partial charge in [-0.3, -0.25) is 9.51 Å². The first-order chi connectivity index (χ1) is 17.5. The van der Waals surface area contributed by atoms with Gasteiger partial charge in [-0.25, -0.2) is 14.8 Å². The first-order valence-electron chi connectivity index (χ1n) is 12.0. The fourth-order valence-electron chi connectivity index (χ4n) is 4.92. The number of para-hydroxylation sites is 1. The molecule has 3 aromatic heterocycles. The van der Waals surface area contributed by atoms with Crippen LogP contribution in [0.3, 0.4) is 0 Å². The molecule has 0 saturated carbocycles. The van der Waals surface area contributed by atoms with Crippen molar-refractivity contribution in [3.8, 4) is 5.75 Å². The second kappa shape index (κ2) is 8.64. The smallest absolute Gasteiger partial charge is 0.439 e. The van der Waals surface area contributed by atoms with Gasteiger partial charge in [-0.05, 0) is 59.9 Å². The lowest BCUT2D eigenvalue weighted by atomic mass is 9.89. The fraction of sp³-hybridized carbons (Fsp3) is 0.214. The molecule has 0 saturated heterocycles. The van der Waals surface area contributed by atoms with E-state index in [0.29, 0.717) is 19.0 Å². The normalized spacial score (nSPS) is 14.2. The number of ether oxygens (including phenoxy) is 1. The molecule has 8 heteroatoms. The standard InChI is InChI=1S/C28H25N5O3/c1-4-23-30-25-16(2)11-12-29-27(25)33(23)14-18-9-10-20-19(13-18)15-35-22-8-6-5-7-21(22)24(20)17(3)26-31-28(34)36-32-26/h5-13H,4,14-15H2,1-3H3,(H,31,32,34)/b24-17+. The number of H-pyrrole nitrogens is 1. The van der Waals surface area contributed by atoms with Crippen molar-refractivity contribution in [3.05, 3.63) is 105 Å². The maximum atomic E-state index is 11.7. The van der Waals surface area contributed by atoms with E-state index in [-0.39, 0.29) is 0 Å². The van der Waals surface area contributed by atoms with E-state index in [1.807, 2.05) is 43.5 Å². The predicted molar refractivity (Wildman–Crippen MR) is 137 cm³/mol. The molecule has 6 rings (SSSR count). The number of imidazole rings is 1. The number of aryl methyl sites for hydroxylation is 2. The van der Waals surface area contributed by atoms with Crippen molar-refractivity contribution in [2.75, 3.05) is 0 Å². The number of hydrogen-bond acceptors (Lipinski definition) is 6. The van der Waals surface area contributed by atoms with Gasteiger partial charge in [0.15, 0.2) is 11.5 Å². The summed E-state index contributed by atoms with van der Waals surface area (Å²) in [7, 11) is 0. The first kappa shape index (κ1) is 22.0. The number of allylic oxidation sites excluding steroid dienone is 1. The lowest BCUT2D eigenvalue weighted by molar-refractivity contribution is 0.307. The highest BCUT2D eigenvalue weighted by Gasteiger charge is 2.23. The minimum Gasteiger partial charge on any atom is -0.488 e. The van der Waals surface area contributed by atoms with Gasteiger partial charge in [-0.1, -0.05) is 42.4 Å². The Kier molecular flexibility index (Phi) is 5.29. The van der Waals surface area contributed by atoms with Gasteiger partial charge < -0.3 is 9.30 Å². The molecule has 0 fully saturated rings. The Morgan fingerprint density at radius 1 is 1.14 bits per heavy atom. The molecule has 4 heterocycles. The molecule has 5 aromatic rings. The number of aromatic nitrogens is 5. The third kappa shape index (κ3) is 3.62. The maximum absolute atomic E-state index is 11.7. The molecule has 0 unspecified atom stereocenters. The average Bonchev–Trinajstić information content (AvgIpc) is 3.44. The molecule has 0 aliphatic carbocycles. The van der Waals surface area contributed by atoms with Gasteiger partial charge in [0.2, 0.25) is 0 Å². The van der Waals surface area contributed by atoms with Crippen LogP contribution in [0.25, 0.3) is 22.3 Å². The number of hydrogen-bond donors (Lipinski definition) is 1. The third-order valence-corrected chi connectivity index (χ3v) is 6.72. The molecule has 0 spiro atoms. The van der Waals surface area contributed by atoms with Gasteiger partial charge in [0, 0.05) is 23.8 Å². The van der Waals surface area contributed by atoms with Crippen molar-refractivity contribution in [2.45, 2.75) is 40.3 Å². The summed E-state index contributed by atoms with van der Waals surface area (Å²) < 4.78 is 13.2. The monoisotopic (exact) mass is 479 g/mol. The van der Waals surface area contributed by atoms with Gasteiger partial charge in [0.1, 0.15) is 23.7 Å². The van der Waals surface area contributed by atoms with Gasteiger partial charge in [-0.2, -0.15) is 0 Å². The quantitative estimate of drug-likeness (QED) is 0.394. The molecule has 2 aromatic carbocycles. The lowest BCUT2D eigenvalue weighted by Gasteiger charge is -2.15. The summed E-state index contributed by atoms with van der Waals surface area (Å²) >= 11 is 0. The van der Waals surface area contributed by atoms with E-state index in [9.17, 15) is 4.79 Å². The Morgan fingerprint density at radius 3 is 2.81 bits per heavy atom. The zero-order chi connectivity index (χ0) is 24.8. The molecule has 180 valence electrons. The molecule has 0 atom stereocenters. The van der Waals surface area contributed by atoms with Crippen LogP contribution in [0.5, 0.6) is 5.75 Å². The van der Waals surface area contributed by atoms with E-state index in [4.69, 9.17) is 14.2 Å². The van der Waals surface area contributed by atoms with Crippen LogP contribution in [-0.2, 0) is 19.6 Å². The van der Waals surface area contributed by atoms with E-state index in [1.165, 1.54) is 0 Å². The third-order valence-electron chi connectivity index (χ3n) is 6.72. The predicted octanol–water partition coefficient (Wildman–Crippen LogP) is 4.90. The van der Waals surface area contributed by atoms with Crippen LogP contribution in [0.1, 0.15) is 53.3 Å². The van der Waals surface area contributed by atoms with E-state index in [1.54, 1.807) is 0 Å². The topological polar surface area (TPSA) is 98.8 Å². The SMILES string of the molecule is CCc1nc2c(C)ccnc2n1Cc1ccc2c(c1)COc1ccccc1/C2=C(\C)c1noc(=O)[nH]1. The number of aromatic amines is 1. The molecule has 36 heavy (non-hydrogen) atoms. The van der Waals surface area contributed by atoms with Crippen molar-refractivity contribution < 1.29 is 9.26 Å². The minimum absolute atomic E-state index is 0.403. The highest BCUT2D eigenvalue weighted by Crippen LogP contribution is 2.40. The largest absolute Gasteiger partial charge is 0.488 e. The van der Waals surface area contributed by atoms with Crippen molar-refractivity contribution in [1.82, 2.24) is 24.7 Å². The van der Waals surface area contributed by atoms with Gasteiger partial charge >= 0.3 is 5.76 Å². The Hall–Kier alpha value is -4.46. The van der Waals surface area contributed by atoms with Crippen LogP contribution in [0.15, 0.2) is 64.0 Å². The average molecular weight is 480 g/mol. The zero-order valence-electron chi connectivity index (χ0n) is 20.3. The molecular weight excluding hydrogens is 454 g/mol. The lowest BCUT2D eigenvalue weighted by Crippen LogP contribution is -2.07. The number of fused-ring (bicyclic) bond motifs is 3. The zero-order valence-corrected chi connectivity index (χ0v) is 20.3. The molecular formula is C28H25N5O3. The number of nitrogens with one attached hydrogen (secondary N) is 1. The van der Waals surface area contributed by atoms with Crippen molar-refractivity contribution in [3.63, 3.8) is 0 Å². The number of nitrogens with zero attached hydrogens (tertiary/aromatic N) is 4. The highest BCUT2D eigenvalue weighted by molar-refractivity contribution is 5.99.